The van der Waals surface area contributed by atoms with Gasteiger partial charge in [-0.1, -0.05) is 95.3 Å². The number of hydrogen-bond donors (Lipinski definition) is 1. The van der Waals surface area contributed by atoms with E-state index in [1.807, 2.05) is 27.7 Å². The standard InChI is InChI=1S/C28H42O4Si/c1-9-24-28(8,29)25(32-27(6,7)31-24)21(2)20-30-33(26(3,4)5,22-16-12-10-13-17-22)23-18-14-11-15-19-23/h10-19,21,24-25,29H,9,20H2,1-8H3. The minimum atomic E-state index is -2.65. The Morgan fingerprint density at radius 2 is 1.42 bits per heavy atom. The van der Waals surface area contributed by atoms with Crippen molar-refractivity contribution in [1.82, 2.24) is 0 Å². The number of hydrogen-bond acceptors (Lipinski definition) is 4. The van der Waals surface area contributed by atoms with Crippen molar-refractivity contribution in [3.8, 4) is 0 Å². The molecule has 1 N–H and O–H groups in total. The van der Waals surface area contributed by atoms with Gasteiger partial charge in [-0.3, -0.25) is 0 Å². The zero-order chi connectivity index (χ0) is 24.5. The van der Waals surface area contributed by atoms with Crippen LogP contribution in [0.15, 0.2) is 60.7 Å². The highest BCUT2D eigenvalue weighted by atomic mass is 28.4. The third-order valence-electron chi connectivity index (χ3n) is 6.93. The zero-order valence-electron chi connectivity index (χ0n) is 21.6. The average Bonchev–Trinajstić information content (AvgIpc) is 2.76. The first-order valence-corrected chi connectivity index (χ1v) is 14.1. The molecular formula is C28H42O4Si. The van der Waals surface area contributed by atoms with Crippen molar-refractivity contribution in [3.05, 3.63) is 60.7 Å². The summed E-state index contributed by atoms with van der Waals surface area (Å²) in [4.78, 5) is 0. The molecule has 0 aromatic heterocycles. The Kier molecular flexibility index (Phi) is 7.62. The molecule has 0 aliphatic carbocycles. The zero-order valence-corrected chi connectivity index (χ0v) is 22.6. The molecule has 4 nitrogen and oxygen atoms in total. The van der Waals surface area contributed by atoms with Crippen LogP contribution in [0, 0.1) is 5.92 Å². The van der Waals surface area contributed by atoms with E-state index < -0.39 is 25.8 Å². The molecular weight excluding hydrogens is 428 g/mol. The molecule has 4 unspecified atom stereocenters. The van der Waals surface area contributed by atoms with Gasteiger partial charge in [0.15, 0.2) is 5.79 Å². The summed E-state index contributed by atoms with van der Waals surface area (Å²) in [6.45, 7) is 17.2. The molecule has 1 aliphatic heterocycles. The molecule has 1 fully saturated rings. The monoisotopic (exact) mass is 470 g/mol. The highest BCUT2D eigenvalue weighted by Crippen LogP contribution is 2.41. The average molecular weight is 471 g/mol. The first-order chi connectivity index (χ1) is 15.3. The summed E-state index contributed by atoms with van der Waals surface area (Å²) in [7, 11) is -2.65. The normalized spacial score (nSPS) is 26.7. The molecule has 2 aromatic carbocycles. The topological polar surface area (TPSA) is 47.9 Å². The SMILES string of the molecule is CCC1OC(C)(C)OC(C(C)CO[Si](c2ccccc2)(c2ccccc2)C(C)(C)C)C1(C)O. The van der Waals surface area contributed by atoms with Gasteiger partial charge in [0.25, 0.3) is 8.32 Å². The van der Waals surface area contributed by atoms with Crippen LogP contribution in [0.3, 0.4) is 0 Å². The molecule has 1 saturated heterocycles. The molecule has 0 bridgehead atoms. The van der Waals surface area contributed by atoms with Crippen LogP contribution in [0.25, 0.3) is 0 Å². The van der Waals surface area contributed by atoms with Crippen LogP contribution in [-0.4, -0.2) is 43.6 Å². The van der Waals surface area contributed by atoms with E-state index in [0.29, 0.717) is 6.61 Å². The van der Waals surface area contributed by atoms with E-state index in [1.54, 1.807) is 0 Å². The summed E-state index contributed by atoms with van der Waals surface area (Å²) < 4.78 is 19.5. The largest absolute Gasteiger partial charge is 0.407 e. The molecule has 0 radical (unpaired) electrons. The molecule has 33 heavy (non-hydrogen) atoms. The van der Waals surface area contributed by atoms with E-state index in [4.69, 9.17) is 13.9 Å². The maximum atomic E-state index is 11.4. The highest BCUT2D eigenvalue weighted by Gasteiger charge is 2.54. The van der Waals surface area contributed by atoms with Gasteiger partial charge in [0, 0.05) is 12.5 Å². The second-order valence-electron chi connectivity index (χ2n) is 11.1. The predicted octanol–water partition coefficient (Wildman–Crippen LogP) is 4.88. The van der Waals surface area contributed by atoms with E-state index >= 15 is 0 Å². The quantitative estimate of drug-likeness (QED) is 0.586. The Morgan fingerprint density at radius 1 is 0.939 bits per heavy atom. The molecule has 5 heteroatoms. The van der Waals surface area contributed by atoms with Gasteiger partial charge in [-0.25, -0.2) is 0 Å². The van der Waals surface area contributed by atoms with Crippen molar-refractivity contribution in [3.63, 3.8) is 0 Å². The lowest BCUT2D eigenvalue weighted by Crippen LogP contribution is -2.68. The van der Waals surface area contributed by atoms with Gasteiger partial charge in [-0.2, -0.15) is 0 Å². The smallest absolute Gasteiger partial charge is 0.261 e. The molecule has 2 aromatic rings. The minimum absolute atomic E-state index is 0.0288. The van der Waals surface area contributed by atoms with Crippen LogP contribution in [-0.2, 0) is 13.9 Å². The molecule has 3 rings (SSSR count). The van der Waals surface area contributed by atoms with Gasteiger partial charge in [0.05, 0.1) is 12.2 Å². The van der Waals surface area contributed by atoms with Gasteiger partial charge >= 0.3 is 0 Å². The van der Waals surface area contributed by atoms with Gasteiger partial charge in [0.1, 0.15) is 5.60 Å². The first kappa shape index (κ1) is 26.1. The summed E-state index contributed by atoms with van der Waals surface area (Å²) in [5.41, 5.74) is -1.10. The Bertz CT molecular complexity index is 850. The van der Waals surface area contributed by atoms with Gasteiger partial charge in [0.2, 0.25) is 0 Å². The fraction of sp³-hybridized carbons (Fsp3) is 0.571. The molecule has 4 atom stereocenters. The van der Waals surface area contributed by atoms with Crippen LogP contribution in [0.2, 0.25) is 5.04 Å². The van der Waals surface area contributed by atoms with Crippen molar-refractivity contribution in [2.45, 2.75) is 90.4 Å². The van der Waals surface area contributed by atoms with Gasteiger partial charge < -0.3 is 19.0 Å². The third-order valence-corrected chi connectivity index (χ3v) is 11.9. The number of rotatable bonds is 7. The van der Waals surface area contributed by atoms with Gasteiger partial charge in [-0.15, -0.1) is 0 Å². The summed E-state index contributed by atoms with van der Waals surface area (Å²) >= 11 is 0. The Labute approximate surface area is 201 Å². The number of aliphatic hydroxyl groups is 1. The lowest BCUT2D eigenvalue weighted by Gasteiger charge is -2.52. The van der Waals surface area contributed by atoms with Crippen molar-refractivity contribution >= 4 is 18.7 Å². The number of ether oxygens (including phenoxy) is 2. The van der Waals surface area contributed by atoms with Crippen LogP contribution in [0.1, 0.15) is 61.8 Å². The Morgan fingerprint density at radius 3 is 1.85 bits per heavy atom. The highest BCUT2D eigenvalue weighted by molar-refractivity contribution is 6.99. The van der Waals surface area contributed by atoms with Crippen LogP contribution in [0.5, 0.6) is 0 Å². The summed E-state index contributed by atoms with van der Waals surface area (Å²) in [6, 6.07) is 21.3. The molecule has 182 valence electrons. The van der Waals surface area contributed by atoms with Crippen molar-refractivity contribution in [1.29, 1.82) is 0 Å². The Hall–Kier alpha value is -1.50. The van der Waals surface area contributed by atoms with Crippen LogP contribution in [0.4, 0.5) is 0 Å². The second kappa shape index (κ2) is 9.63. The van der Waals surface area contributed by atoms with E-state index in [9.17, 15) is 5.11 Å². The molecule has 1 aliphatic rings. The lowest BCUT2D eigenvalue weighted by molar-refractivity contribution is -0.368. The predicted molar refractivity (Wildman–Crippen MR) is 137 cm³/mol. The number of benzene rings is 2. The first-order valence-electron chi connectivity index (χ1n) is 12.2. The van der Waals surface area contributed by atoms with E-state index in [1.165, 1.54) is 10.4 Å². The molecule has 0 amide bonds. The maximum absolute atomic E-state index is 11.4. The van der Waals surface area contributed by atoms with Gasteiger partial charge in [-0.05, 0) is 42.6 Å². The summed E-state index contributed by atoms with van der Waals surface area (Å²) in [6.07, 6.45) is 0.0319. The lowest BCUT2D eigenvalue weighted by atomic mass is 9.82. The fourth-order valence-corrected chi connectivity index (χ4v) is 10.1. The van der Waals surface area contributed by atoms with E-state index in [2.05, 4.69) is 88.4 Å². The summed E-state index contributed by atoms with van der Waals surface area (Å²) in [5.74, 6) is -0.780. The molecule has 1 heterocycles. The Balaban J connectivity index is 1.99. The summed E-state index contributed by atoms with van der Waals surface area (Å²) in [5, 5.41) is 13.8. The van der Waals surface area contributed by atoms with Crippen LogP contribution >= 0.6 is 0 Å². The van der Waals surface area contributed by atoms with Crippen molar-refractivity contribution in [2.24, 2.45) is 5.92 Å². The van der Waals surface area contributed by atoms with Crippen molar-refractivity contribution < 1.29 is 19.0 Å². The second-order valence-corrected chi connectivity index (χ2v) is 15.4. The third kappa shape index (κ3) is 5.13. The minimum Gasteiger partial charge on any atom is -0.407 e. The fourth-order valence-electron chi connectivity index (χ4n) is 5.39. The molecule has 0 saturated carbocycles. The maximum Gasteiger partial charge on any atom is 0.261 e. The van der Waals surface area contributed by atoms with E-state index in [0.717, 1.165) is 6.42 Å². The van der Waals surface area contributed by atoms with E-state index in [-0.39, 0.29) is 17.1 Å². The molecule has 0 spiro atoms. The van der Waals surface area contributed by atoms with Crippen molar-refractivity contribution in [2.75, 3.05) is 6.61 Å². The van der Waals surface area contributed by atoms with Crippen LogP contribution < -0.4 is 10.4 Å².